The third-order valence-corrected chi connectivity index (χ3v) is 2.44. The van der Waals surface area contributed by atoms with Gasteiger partial charge in [0.15, 0.2) is 5.15 Å². The number of halogens is 1. The minimum absolute atomic E-state index is 0.0370. The maximum Gasteiger partial charge on any atom is 0.288 e. The molecule has 2 rings (SSSR count). The molecule has 0 fully saturated rings. The smallest absolute Gasteiger partial charge is 0.288 e. The predicted octanol–water partition coefficient (Wildman–Crippen LogP) is 0.556. The Morgan fingerprint density at radius 1 is 1.44 bits per heavy atom. The highest BCUT2D eigenvalue weighted by Gasteiger charge is 2.06. The van der Waals surface area contributed by atoms with Gasteiger partial charge >= 0.3 is 0 Å². The zero-order chi connectivity index (χ0) is 11.5. The predicted molar refractivity (Wildman–Crippen MR) is 58.3 cm³/mol. The van der Waals surface area contributed by atoms with Gasteiger partial charge in [-0.3, -0.25) is 4.79 Å². The van der Waals surface area contributed by atoms with E-state index in [-0.39, 0.29) is 10.7 Å². The standard InChI is InChI=1S/C9H10ClN5O/c1-2-15-7(12-6-13-15)5-14-4-3-11-8(10)9(14)16/h3-4,6H,2,5H2,1H3. The lowest BCUT2D eigenvalue weighted by Crippen LogP contribution is -2.23. The summed E-state index contributed by atoms with van der Waals surface area (Å²) in [6.45, 7) is 3.01. The lowest BCUT2D eigenvalue weighted by atomic mass is 10.5. The van der Waals surface area contributed by atoms with Crippen molar-refractivity contribution in [1.29, 1.82) is 0 Å². The van der Waals surface area contributed by atoms with Gasteiger partial charge in [0, 0.05) is 18.9 Å². The van der Waals surface area contributed by atoms with Gasteiger partial charge in [0.25, 0.3) is 5.56 Å². The molecule has 16 heavy (non-hydrogen) atoms. The Morgan fingerprint density at radius 3 is 3.00 bits per heavy atom. The number of nitrogens with zero attached hydrogens (tertiary/aromatic N) is 5. The third-order valence-electron chi connectivity index (χ3n) is 2.18. The number of hydrogen-bond acceptors (Lipinski definition) is 4. The van der Waals surface area contributed by atoms with Crippen LogP contribution in [0.5, 0.6) is 0 Å². The van der Waals surface area contributed by atoms with Crippen LogP contribution >= 0.6 is 11.6 Å². The van der Waals surface area contributed by atoms with Gasteiger partial charge in [-0.25, -0.2) is 14.6 Å². The first-order chi connectivity index (χ1) is 7.72. The van der Waals surface area contributed by atoms with Gasteiger partial charge in [-0.2, -0.15) is 5.10 Å². The molecule has 0 amide bonds. The van der Waals surface area contributed by atoms with Crippen LogP contribution in [0.15, 0.2) is 23.5 Å². The highest BCUT2D eigenvalue weighted by molar-refractivity contribution is 6.29. The largest absolute Gasteiger partial charge is 0.304 e. The van der Waals surface area contributed by atoms with E-state index in [2.05, 4.69) is 15.1 Å². The molecule has 84 valence electrons. The lowest BCUT2D eigenvalue weighted by Gasteiger charge is -2.05. The third kappa shape index (κ3) is 1.96. The van der Waals surface area contributed by atoms with Crippen LogP contribution in [-0.2, 0) is 13.1 Å². The van der Waals surface area contributed by atoms with Gasteiger partial charge in [-0.15, -0.1) is 0 Å². The SMILES string of the molecule is CCn1ncnc1Cn1ccnc(Cl)c1=O. The Morgan fingerprint density at radius 2 is 2.25 bits per heavy atom. The Bertz CT molecular complexity index is 547. The van der Waals surface area contributed by atoms with E-state index < -0.39 is 0 Å². The van der Waals surface area contributed by atoms with Crippen molar-refractivity contribution >= 4 is 11.6 Å². The van der Waals surface area contributed by atoms with Crippen LogP contribution in [-0.4, -0.2) is 24.3 Å². The fourth-order valence-corrected chi connectivity index (χ4v) is 1.54. The summed E-state index contributed by atoms with van der Waals surface area (Å²) in [7, 11) is 0. The Balaban J connectivity index is 2.34. The van der Waals surface area contributed by atoms with Crippen LogP contribution < -0.4 is 5.56 Å². The minimum atomic E-state index is -0.324. The van der Waals surface area contributed by atoms with Crippen LogP contribution in [0.1, 0.15) is 12.7 Å². The van der Waals surface area contributed by atoms with Gasteiger partial charge < -0.3 is 4.57 Å². The second-order valence-electron chi connectivity index (χ2n) is 3.14. The maximum atomic E-state index is 11.6. The molecule has 0 N–H and O–H groups in total. The van der Waals surface area contributed by atoms with E-state index in [4.69, 9.17) is 11.6 Å². The van der Waals surface area contributed by atoms with E-state index in [0.29, 0.717) is 18.9 Å². The second kappa shape index (κ2) is 4.44. The summed E-state index contributed by atoms with van der Waals surface area (Å²) < 4.78 is 3.17. The maximum absolute atomic E-state index is 11.6. The summed E-state index contributed by atoms with van der Waals surface area (Å²) in [4.78, 5) is 19.4. The average molecular weight is 240 g/mol. The molecule has 0 spiro atoms. The van der Waals surface area contributed by atoms with E-state index in [9.17, 15) is 4.79 Å². The summed E-state index contributed by atoms with van der Waals surface area (Å²) in [6, 6.07) is 0. The zero-order valence-electron chi connectivity index (χ0n) is 8.67. The number of rotatable bonds is 3. The molecule has 0 saturated carbocycles. The summed E-state index contributed by atoms with van der Waals surface area (Å²) in [5.41, 5.74) is -0.324. The monoisotopic (exact) mass is 239 g/mol. The van der Waals surface area contributed by atoms with Crippen LogP contribution in [0, 0.1) is 0 Å². The average Bonchev–Trinajstić information content (AvgIpc) is 2.72. The van der Waals surface area contributed by atoms with Gasteiger partial charge in [0.1, 0.15) is 12.2 Å². The molecule has 2 aromatic rings. The molecule has 0 aliphatic heterocycles. The van der Waals surface area contributed by atoms with Crippen LogP contribution in [0.3, 0.4) is 0 Å². The van der Waals surface area contributed by atoms with Gasteiger partial charge in [-0.1, -0.05) is 11.6 Å². The quantitative estimate of drug-likeness (QED) is 0.785. The fraction of sp³-hybridized carbons (Fsp3) is 0.333. The van der Waals surface area contributed by atoms with Crippen molar-refractivity contribution in [3.8, 4) is 0 Å². The molecular formula is C9H10ClN5O. The van der Waals surface area contributed by atoms with E-state index in [1.54, 1.807) is 10.9 Å². The molecule has 0 bridgehead atoms. The van der Waals surface area contributed by atoms with Crippen molar-refractivity contribution < 1.29 is 0 Å². The van der Waals surface area contributed by atoms with Crippen LogP contribution in [0.2, 0.25) is 5.15 Å². The molecule has 2 heterocycles. The molecule has 7 heteroatoms. The highest BCUT2D eigenvalue weighted by Crippen LogP contribution is 1.99. The van der Waals surface area contributed by atoms with Crippen molar-refractivity contribution in [3.63, 3.8) is 0 Å². The first-order valence-corrected chi connectivity index (χ1v) is 5.17. The molecule has 2 aromatic heterocycles. The summed E-state index contributed by atoms with van der Waals surface area (Å²) >= 11 is 5.64. The van der Waals surface area contributed by atoms with E-state index in [0.717, 1.165) is 0 Å². The van der Waals surface area contributed by atoms with Crippen molar-refractivity contribution in [2.45, 2.75) is 20.0 Å². The lowest BCUT2D eigenvalue weighted by molar-refractivity contribution is 0.584. The van der Waals surface area contributed by atoms with Crippen LogP contribution in [0.4, 0.5) is 0 Å². The normalized spacial score (nSPS) is 10.6. The Hall–Kier alpha value is -1.69. The zero-order valence-corrected chi connectivity index (χ0v) is 9.42. The molecular weight excluding hydrogens is 230 g/mol. The van der Waals surface area contributed by atoms with Crippen molar-refractivity contribution in [3.05, 3.63) is 40.1 Å². The second-order valence-corrected chi connectivity index (χ2v) is 3.50. The molecule has 0 radical (unpaired) electrons. The Kier molecular flexibility index (Phi) is 3.00. The van der Waals surface area contributed by atoms with Crippen molar-refractivity contribution in [2.24, 2.45) is 0 Å². The fourth-order valence-electron chi connectivity index (χ4n) is 1.37. The number of hydrogen-bond donors (Lipinski definition) is 0. The van der Waals surface area contributed by atoms with Gasteiger partial charge in [0.2, 0.25) is 0 Å². The summed E-state index contributed by atoms with van der Waals surface area (Å²) in [5, 5.41) is 3.99. The molecule has 6 nitrogen and oxygen atoms in total. The number of aryl methyl sites for hydroxylation is 1. The number of aromatic nitrogens is 5. The highest BCUT2D eigenvalue weighted by atomic mass is 35.5. The van der Waals surface area contributed by atoms with E-state index in [1.807, 2.05) is 6.92 Å². The van der Waals surface area contributed by atoms with Crippen LogP contribution in [0.25, 0.3) is 0 Å². The van der Waals surface area contributed by atoms with Crippen molar-refractivity contribution in [2.75, 3.05) is 0 Å². The summed E-state index contributed by atoms with van der Waals surface area (Å²) in [6.07, 6.45) is 4.52. The molecule has 0 aromatic carbocycles. The molecule has 0 aliphatic rings. The van der Waals surface area contributed by atoms with Crippen molar-refractivity contribution in [1.82, 2.24) is 24.3 Å². The van der Waals surface area contributed by atoms with E-state index in [1.165, 1.54) is 17.1 Å². The topological polar surface area (TPSA) is 65.6 Å². The first-order valence-electron chi connectivity index (χ1n) is 4.80. The molecule has 0 atom stereocenters. The van der Waals surface area contributed by atoms with Gasteiger partial charge in [-0.05, 0) is 6.92 Å². The van der Waals surface area contributed by atoms with E-state index >= 15 is 0 Å². The Labute approximate surface area is 96.5 Å². The molecule has 0 aliphatic carbocycles. The molecule has 0 saturated heterocycles. The first kappa shape index (κ1) is 10.8. The summed E-state index contributed by atoms with van der Waals surface area (Å²) in [5.74, 6) is 0.715. The minimum Gasteiger partial charge on any atom is -0.304 e. The van der Waals surface area contributed by atoms with Gasteiger partial charge in [0.05, 0.1) is 6.54 Å². The molecule has 0 unspecified atom stereocenters.